The molecule has 3 aromatic rings. The number of nitrogens with zero attached hydrogens (tertiary/aromatic N) is 4. The molecule has 1 saturated heterocycles. The van der Waals surface area contributed by atoms with E-state index in [1.165, 1.54) is 6.07 Å². The zero-order chi connectivity index (χ0) is 20.6. The summed E-state index contributed by atoms with van der Waals surface area (Å²) < 4.78 is 25.2. The highest BCUT2D eigenvalue weighted by molar-refractivity contribution is 7.09. The van der Waals surface area contributed by atoms with Crippen molar-refractivity contribution in [3.05, 3.63) is 51.6 Å². The molecule has 0 N–H and O–H groups in total. The summed E-state index contributed by atoms with van der Waals surface area (Å²) in [6, 6.07) is 4.95. The maximum Gasteiger partial charge on any atom is 0.241 e. The van der Waals surface area contributed by atoms with Crippen molar-refractivity contribution in [2.45, 2.75) is 45.8 Å². The van der Waals surface area contributed by atoms with Crippen LogP contribution in [-0.4, -0.2) is 39.7 Å². The molecule has 0 saturated carbocycles. The summed E-state index contributed by atoms with van der Waals surface area (Å²) in [5.41, 5.74) is 2.32. The van der Waals surface area contributed by atoms with Crippen LogP contribution >= 0.6 is 11.3 Å². The average molecular weight is 417 g/mol. The smallest absolute Gasteiger partial charge is 0.241 e. The molecule has 1 unspecified atom stereocenters. The maximum absolute atomic E-state index is 13.8. The number of aryl methyl sites for hydroxylation is 1. The van der Waals surface area contributed by atoms with Crippen LogP contribution in [0.3, 0.4) is 0 Å². The molecule has 0 radical (unpaired) electrons. The van der Waals surface area contributed by atoms with Crippen LogP contribution in [0.4, 0.5) is 4.39 Å². The molecule has 1 aromatic carbocycles. The largest absolute Gasteiger partial charge is 0.368 e. The van der Waals surface area contributed by atoms with E-state index < -0.39 is 0 Å². The Bertz CT molecular complexity index is 995. The highest BCUT2D eigenvalue weighted by Crippen LogP contribution is 2.30. The lowest BCUT2D eigenvalue weighted by Crippen LogP contribution is -2.37. The monoisotopic (exact) mass is 416 g/mol. The van der Waals surface area contributed by atoms with Crippen LogP contribution in [0.2, 0.25) is 0 Å². The lowest BCUT2D eigenvalue weighted by molar-refractivity contribution is -0.0357. The van der Waals surface area contributed by atoms with Crippen LogP contribution in [0, 0.1) is 12.7 Å². The Morgan fingerprint density at radius 2 is 2.10 bits per heavy atom. The predicted molar refractivity (Wildman–Crippen MR) is 109 cm³/mol. The fourth-order valence-corrected chi connectivity index (χ4v) is 4.22. The molecule has 6 nitrogen and oxygen atoms in total. The number of aromatic nitrogens is 3. The van der Waals surface area contributed by atoms with Gasteiger partial charge in [0.2, 0.25) is 11.7 Å². The van der Waals surface area contributed by atoms with Crippen LogP contribution in [0.1, 0.15) is 49.0 Å². The highest BCUT2D eigenvalue weighted by atomic mass is 32.1. The Labute approximate surface area is 173 Å². The van der Waals surface area contributed by atoms with Gasteiger partial charge in [-0.3, -0.25) is 4.90 Å². The van der Waals surface area contributed by atoms with E-state index in [-0.39, 0.29) is 17.3 Å². The van der Waals surface area contributed by atoms with E-state index in [4.69, 9.17) is 14.2 Å². The number of halogens is 1. The van der Waals surface area contributed by atoms with Gasteiger partial charge in [-0.15, -0.1) is 11.3 Å². The van der Waals surface area contributed by atoms with Gasteiger partial charge >= 0.3 is 0 Å². The fraction of sp³-hybridized carbons (Fsp3) is 0.476. The number of thiazole rings is 1. The minimum Gasteiger partial charge on any atom is -0.368 e. The molecular weight excluding hydrogens is 391 g/mol. The van der Waals surface area contributed by atoms with E-state index in [1.807, 2.05) is 0 Å². The van der Waals surface area contributed by atoms with Gasteiger partial charge in [0.25, 0.3) is 0 Å². The minimum atomic E-state index is -0.275. The summed E-state index contributed by atoms with van der Waals surface area (Å²) in [7, 11) is 0. The molecular formula is C21H25FN4O2S. The van der Waals surface area contributed by atoms with Crippen LogP contribution in [0.25, 0.3) is 11.4 Å². The van der Waals surface area contributed by atoms with Gasteiger partial charge in [-0.25, -0.2) is 9.37 Å². The molecule has 0 spiro atoms. The first kappa shape index (κ1) is 20.1. The van der Waals surface area contributed by atoms with Crippen molar-refractivity contribution >= 4 is 11.3 Å². The normalized spacial score (nSPS) is 18.3. The third-order valence-corrected chi connectivity index (χ3v) is 5.91. The molecule has 1 aliphatic rings. The quantitative estimate of drug-likeness (QED) is 0.623. The van der Waals surface area contributed by atoms with Crippen molar-refractivity contribution in [1.29, 1.82) is 0 Å². The molecule has 8 heteroatoms. The second-order valence-electron chi connectivity index (χ2n) is 8.39. The minimum absolute atomic E-state index is 0.0265. The summed E-state index contributed by atoms with van der Waals surface area (Å²) in [6.07, 6.45) is -0.0570. The zero-order valence-corrected chi connectivity index (χ0v) is 17.9. The number of benzene rings is 1. The Morgan fingerprint density at radius 3 is 2.83 bits per heavy atom. The van der Waals surface area contributed by atoms with Gasteiger partial charge in [-0.1, -0.05) is 38.1 Å². The summed E-state index contributed by atoms with van der Waals surface area (Å²) in [4.78, 5) is 11.4. The molecule has 154 valence electrons. The van der Waals surface area contributed by atoms with Gasteiger partial charge in [0.05, 0.1) is 18.8 Å². The topological polar surface area (TPSA) is 64.3 Å². The second kappa shape index (κ2) is 7.93. The van der Waals surface area contributed by atoms with Crippen molar-refractivity contribution in [1.82, 2.24) is 20.0 Å². The molecule has 1 aliphatic heterocycles. The molecule has 3 heterocycles. The van der Waals surface area contributed by atoms with Crippen LogP contribution in [0.15, 0.2) is 28.1 Å². The fourth-order valence-electron chi connectivity index (χ4n) is 3.14. The van der Waals surface area contributed by atoms with Crippen molar-refractivity contribution in [3.63, 3.8) is 0 Å². The van der Waals surface area contributed by atoms with Gasteiger partial charge in [-0.2, -0.15) is 4.98 Å². The molecule has 29 heavy (non-hydrogen) atoms. The number of hydrogen-bond donors (Lipinski definition) is 0. The third kappa shape index (κ3) is 4.55. The Hall–Kier alpha value is -2.16. The summed E-state index contributed by atoms with van der Waals surface area (Å²) in [5.74, 6) is 0.637. The van der Waals surface area contributed by atoms with Gasteiger partial charge in [0, 0.05) is 29.4 Å². The van der Waals surface area contributed by atoms with E-state index in [0.29, 0.717) is 42.5 Å². The predicted octanol–water partition coefficient (Wildman–Crippen LogP) is 4.51. The van der Waals surface area contributed by atoms with Gasteiger partial charge in [0.15, 0.2) is 0 Å². The summed E-state index contributed by atoms with van der Waals surface area (Å²) in [5, 5.41) is 7.12. The van der Waals surface area contributed by atoms with E-state index in [1.54, 1.807) is 30.4 Å². The number of hydrogen-bond acceptors (Lipinski definition) is 7. The van der Waals surface area contributed by atoms with E-state index in [2.05, 4.69) is 41.2 Å². The lowest BCUT2D eigenvalue weighted by atomic mass is 9.93. The highest BCUT2D eigenvalue weighted by Gasteiger charge is 2.27. The third-order valence-electron chi connectivity index (χ3n) is 4.97. The first-order chi connectivity index (χ1) is 13.8. The van der Waals surface area contributed by atoms with E-state index in [9.17, 15) is 4.39 Å². The maximum atomic E-state index is 13.8. The van der Waals surface area contributed by atoms with Crippen LogP contribution in [-0.2, 0) is 16.7 Å². The van der Waals surface area contributed by atoms with Crippen molar-refractivity contribution in [2.24, 2.45) is 0 Å². The summed E-state index contributed by atoms with van der Waals surface area (Å²) >= 11 is 1.65. The molecule has 2 aromatic heterocycles. The van der Waals surface area contributed by atoms with Crippen LogP contribution in [0.5, 0.6) is 0 Å². The van der Waals surface area contributed by atoms with E-state index in [0.717, 1.165) is 17.2 Å². The Balaban J connectivity index is 1.43. The van der Waals surface area contributed by atoms with Crippen molar-refractivity contribution in [2.75, 3.05) is 19.7 Å². The number of morpholine rings is 1. The molecule has 1 atom stereocenters. The van der Waals surface area contributed by atoms with Crippen LogP contribution < -0.4 is 0 Å². The first-order valence-corrected chi connectivity index (χ1v) is 10.6. The Kier molecular flexibility index (Phi) is 5.50. The van der Waals surface area contributed by atoms with Gasteiger partial charge in [-0.05, 0) is 18.6 Å². The number of rotatable bonds is 4. The molecule has 1 fully saturated rings. The Morgan fingerprint density at radius 1 is 1.28 bits per heavy atom. The SMILES string of the molecule is Cc1ccc(-c2noc(CN3CCOC(c4nc(C(C)(C)C)cs4)C3)n2)cc1F. The van der Waals surface area contributed by atoms with Crippen molar-refractivity contribution < 1.29 is 13.7 Å². The summed E-state index contributed by atoms with van der Waals surface area (Å²) in [6.45, 7) is 10.9. The second-order valence-corrected chi connectivity index (χ2v) is 9.28. The van der Waals surface area contributed by atoms with Gasteiger partial charge < -0.3 is 9.26 Å². The van der Waals surface area contributed by atoms with E-state index >= 15 is 0 Å². The molecule has 0 amide bonds. The standard InChI is InChI=1S/C21H25FN4O2S/c1-13-5-6-14(9-15(13)22)19-24-18(28-25-19)11-26-7-8-27-16(10-26)20-23-17(12-29-20)21(2,3)4/h5-6,9,12,16H,7-8,10-11H2,1-4H3. The molecule has 0 aliphatic carbocycles. The number of ether oxygens (including phenoxy) is 1. The molecule has 0 bridgehead atoms. The zero-order valence-electron chi connectivity index (χ0n) is 17.1. The van der Waals surface area contributed by atoms with Crippen molar-refractivity contribution in [3.8, 4) is 11.4 Å². The molecule has 4 rings (SSSR count). The lowest BCUT2D eigenvalue weighted by Gasteiger charge is -2.30. The van der Waals surface area contributed by atoms with Gasteiger partial charge in [0.1, 0.15) is 16.9 Å². The first-order valence-electron chi connectivity index (χ1n) is 9.68. The average Bonchev–Trinajstić information content (AvgIpc) is 3.34.